The van der Waals surface area contributed by atoms with Crippen LogP contribution in [0, 0.1) is 0 Å². The smallest absolute Gasteiger partial charge is 0.337 e. The van der Waals surface area contributed by atoms with E-state index < -0.39 is 23.9 Å². The number of nitrogens with one attached hydrogen (secondary N) is 3. The molecule has 1 aliphatic heterocycles. The van der Waals surface area contributed by atoms with Gasteiger partial charge >= 0.3 is 12.0 Å². The number of furan rings is 1. The molecule has 11 nitrogen and oxygen atoms in total. The zero-order chi connectivity index (χ0) is 28.8. The maximum atomic E-state index is 12.3. The van der Waals surface area contributed by atoms with Gasteiger partial charge in [-0.3, -0.25) is 4.79 Å². The summed E-state index contributed by atoms with van der Waals surface area (Å²) >= 11 is 12.3. The van der Waals surface area contributed by atoms with Gasteiger partial charge in [0, 0.05) is 11.3 Å². The topological polar surface area (TPSA) is 140 Å². The van der Waals surface area contributed by atoms with E-state index in [0.29, 0.717) is 38.4 Å². The maximum Gasteiger partial charge on any atom is 0.337 e. The van der Waals surface area contributed by atoms with Crippen molar-refractivity contribution in [2.45, 2.75) is 13.0 Å². The highest BCUT2D eigenvalue weighted by atomic mass is 35.5. The summed E-state index contributed by atoms with van der Waals surface area (Å²) in [5, 5.41) is 9.91. The molecule has 0 saturated carbocycles. The molecule has 208 valence electrons. The molecule has 0 saturated heterocycles. The minimum absolute atomic E-state index is 0.245. The van der Waals surface area contributed by atoms with Gasteiger partial charge in [0.2, 0.25) is 0 Å². The number of rotatable bonds is 9. The van der Waals surface area contributed by atoms with Crippen LogP contribution in [-0.4, -0.2) is 44.9 Å². The second-order valence-electron chi connectivity index (χ2n) is 8.36. The quantitative estimate of drug-likeness (QED) is 0.189. The standard InChI is InChI=1S/C27H24Cl2N4O7/c1-14-23(26(35)38-3)25(32-27(36)31-14)15-7-9-20(21(11-15)37-2)39-13-22(34)33-30-12-16-8-10-19(40-16)17-5-4-6-18(28)24(17)29/h4-12,25H,13H2,1-3H3,(H,33,34)(H2,31,32,36)/b30-12-/t25-/m0/s1. The minimum Gasteiger partial charge on any atom is -0.493 e. The number of halogens is 2. The summed E-state index contributed by atoms with van der Waals surface area (Å²) in [5.74, 6) is 0.290. The van der Waals surface area contributed by atoms with Gasteiger partial charge in [0.25, 0.3) is 5.91 Å². The van der Waals surface area contributed by atoms with Gasteiger partial charge in [-0.2, -0.15) is 5.10 Å². The Morgan fingerprint density at radius 2 is 1.93 bits per heavy atom. The fourth-order valence-corrected chi connectivity index (χ4v) is 4.31. The van der Waals surface area contributed by atoms with Crippen molar-refractivity contribution < 1.29 is 33.0 Å². The van der Waals surface area contributed by atoms with Crippen molar-refractivity contribution in [2.75, 3.05) is 20.8 Å². The van der Waals surface area contributed by atoms with E-state index in [0.717, 1.165) is 0 Å². The van der Waals surface area contributed by atoms with E-state index in [2.05, 4.69) is 21.2 Å². The molecular weight excluding hydrogens is 563 g/mol. The predicted molar refractivity (Wildman–Crippen MR) is 148 cm³/mol. The summed E-state index contributed by atoms with van der Waals surface area (Å²) in [7, 11) is 2.68. The van der Waals surface area contributed by atoms with E-state index in [-0.39, 0.29) is 23.7 Å². The van der Waals surface area contributed by atoms with Gasteiger partial charge in [0.1, 0.15) is 11.5 Å². The molecule has 3 amide bonds. The van der Waals surface area contributed by atoms with E-state index >= 15 is 0 Å². The molecule has 4 rings (SSSR count). The summed E-state index contributed by atoms with van der Waals surface area (Å²) in [5.41, 5.74) is 4.14. The summed E-state index contributed by atoms with van der Waals surface area (Å²) in [4.78, 5) is 36.7. The minimum atomic E-state index is -0.779. The number of hydrogen-bond acceptors (Lipinski definition) is 8. The van der Waals surface area contributed by atoms with Gasteiger partial charge in [-0.05, 0) is 48.9 Å². The number of esters is 1. The summed E-state index contributed by atoms with van der Waals surface area (Å²) in [6.07, 6.45) is 1.33. The monoisotopic (exact) mass is 586 g/mol. The van der Waals surface area contributed by atoms with Crippen LogP contribution >= 0.6 is 23.2 Å². The molecule has 1 aromatic heterocycles. The molecule has 3 N–H and O–H groups in total. The fraction of sp³-hybridized carbons (Fsp3) is 0.185. The first kappa shape index (κ1) is 28.5. The Kier molecular flexibility index (Phi) is 8.97. The third-order valence-corrected chi connectivity index (χ3v) is 6.60. The molecular formula is C27H24Cl2N4O7. The van der Waals surface area contributed by atoms with Crippen molar-refractivity contribution >= 4 is 47.3 Å². The molecule has 0 bridgehead atoms. The Bertz CT molecular complexity index is 1520. The number of carbonyl (C=O) groups excluding carboxylic acids is 3. The van der Waals surface area contributed by atoms with Crippen molar-refractivity contribution in [1.82, 2.24) is 16.1 Å². The van der Waals surface area contributed by atoms with Crippen LogP contribution in [0.1, 0.15) is 24.3 Å². The SMILES string of the molecule is COC(=O)C1=C(C)NC(=O)N[C@H]1c1ccc(OCC(=O)N/N=C\c2ccc(-c3cccc(Cl)c3Cl)o2)c(OC)c1. The third kappa shape index (κ3) is 6.38. The zero-order valence-corrected chi connectivity index (χ0v) is 23.1. The Labute approximate surface area is 239 Å². The molecule has 2 heterocycles. The predicted octanol–water partition coefficient (Wildman–Crippen LogP) is 4.59. The molecule has 0 radical (unpaired) electrons. The Hall–Kier alpha value is -4.48. The summed E-state index contributed by atoms with van der Waals surface area (Å²) in [6, 6.07) is 12.1. The number of hydrazone groups is 1. The van der Waals surface area contributed by atoms with Gasteiger partial charge in [-0.1, -0.05) is 35.3 Å². The molecule has 1 atom stereocenters. The van der Waals surface area contributed by atoms with E-state index in [1.165, 1.54) is 20.4 Å². The maximum absolute atomic E-state index is 12.3. The van der Waals surface area contributed by atoms with Crippen LogP contribution in [0.5, 0.6) is 11.5 Å². The number of methoxy groups -OCH3 is 2. The second-order valence-corrected chi connectivity index (χ2v) is 9.14. The Morgan fingerprint density at radius 1 is 1.12 bits per heavy atom. The van der Waals surface area contributed by atoms with Crippen LogP contribution < -0.4 is 25.5 Å². The van der Waals surface area contributed by atoms with Crippen molar-refractivity contribution in [2.24, 2.45) is 5.10 Å². The number of urea groups is 1. The zero-order valence-electron chi connectivity index (χ0n) is 21.5. The van der Waals surface area contributed by atoms with E-state index in [9.17, 15) is 14.4 Å². The first-order chi connectivity index (χ1) is 19.2. The van der Waals surface area contributed by atoms with Crippen LogP contribution in [0.25, 0.3) is 11.3 Å². The van der Waals surface area contributed by atoms with Gasteiger partial charge in [-0.25, -0.2) is 15.0 Å². The average Bonchev–Trinajstić information content (AvgIpc) is 3.41. The number of ether oxygens (including phenoxy) is 3. The van der Waals surface area contributed by atoms with Crippen LogP contribution in [0.2, 0.25) is 10.0 Å². The van der Waals surface area contributed by atoms with E-state index in [1.807, 2.05) is 0 Å². The highest BCUT2D eigenvalue weighted by Crippen LogP contribution is 2.35. The lowest BCUT2D eigenvalue weighted by atomic mass is 9.95. The number of benzene rings is 2. The number of carbonyl (C=O) groups is 3. The van der Waals surface area contributed by atoms with Crippen LogP contribution in [0.15, 0.2) is 69.3 Å². The first-order valence-corrected chi connectivity index (χ1v) is 12.5. The van der Waals surface area contributed by atoms with Crippen molar-refractivity contribution in [1.29, 1.82) is 0 Å². The van der Waals surface area contributed by atoms with Crippen molar-refractivity contribution in [3.63, 3.8) is 0 Å². The van der Waals surface area contributed by atoms with Crippen LogP contribution in [0.4, 0.5) is 4.79 Å². The second kappa shape index (κ2) is 12.6. The Balaban J connectivity index is 1.38. The molecule has 0 spiro atoms. The summed E-state index contributed by atoms with van der Waals surface area (Å²) < 4.78 is 21.6. The average molecular weight is 587 g/mol. The van der Waals surface area contributed by atoms with E-state index in [4.69, 9.17) is 41.8 Å². The molecule has 0 aliphatic carbocycles. The normalized spacial score (nSPS) is 14.9. The van der Waals surface area contributed by atoms with Crippen LogP contribution in [-0.2, 0) is 14.3 Å². The van der Waals surface area contributed by atoms with E-state index in [1.54, 1.807) is 55.5 Å². The fourth-order valence-electron chi connectivity index (χ4n) is 3.91. The number of hydrogen-bond donors (Lipinski definition) is 3. The van der Waals surface area contributed by atoms with Gasteiger partial charge < -0.3 is 29.3 Å². The molecule has 2 aromatic carbocycles. The lowest BCUT2D eigenvalue weighted by Crippen LogP contribution is -2.45. The summed E-state index contributed by atoms with van der Waals surface area (Å²) in [6.45, 7) is 1.23. The Morgan fingerprint density at radius 3 is 2.67 bits per heavy atom. The lowest BCUT2D eigenvalue weighted by molar-refractivity contribution is -0.136. The molecule has 0 fully saturated rings. The van der Waals surface area contributed by atoms with Crippen molar-refractivity contribution in [3.8, 4) is 22.8 Å². The largest absolute Gasteiger partial charge is 0.493 e. The number of allylic oxidation sites excluding steroid dienone is 1. The highest BCUT2D eigenvalue weighted by molar-refractivity contribution is 6.43. The first-order valence-electron chi connectivity index (χ1n) is 11.7. The lowest BCUT2D eigenvalue weighted by Gasteiger charge is -2.28. The van der Waals surface area contributed by atoms with Gasteiger partial charge in [0.15, 0.2) is 18.1 Å². The molecule has 40 heavy (non-hydrogen) atoms. The molecule has 13 heteroatoms. The number of amides is 3. The third-order valence-electron chi connectivity index (χ3n) is 5.78. The van der Waals surface area contributed by atoms with Crippen LogP contribution in [0.3, 0.4) is 0 Å². The van der Waals surface area contributed by atoms with Gasteiger partial charge in [-0.15, -0.1) is 0 Å². The molecule has 3 aromatic rings. The highest BCUT2D eigenvalue weighted by Gasteiger charge is 2.32. The number of nitrogens with zero attached hydrogens (tertiary/aromatic N) is 1. The van der Waals surface area contributed by atoms with Crippen molar-refractivity contribution in [3.05, 3.63) is 81.2 Å². The molecule has 0 unspecified atom stereocenters. The molecule has 1 aliphatic rings. The van der Waals surface area contributed by atoms with Gasteiger partial charge in [0.05, 0.1) is 42.1 Å².